The third-order valence-electron chi connectivity index (χ3n) is 4.60. The van der Waals surface area contributed by atoms with Gasteiger partial charge in [-0.25, -0.2) is 9.97 Å². The second kappa shape index (κ2) is 7.58. The Morgan fingerprint density at radius 1 is 1.16 bits per heavy atom. The van der Waals surface area contributed by atoms with Crippen molar-refractivity contribution >= 4 is 10.9 Å². The van der Waals surface area contributed by atoms with Gasteiger partial charge in [0.25, 0.3) is 5.56 Å². The number of hydrogen-bond donors (Lipinski definition) is 1. The van der Waals surface area contributed by atoms with Crippen LogP contribution in [0.4, 0.5) is 13.2 Å². The van der Waals surface area contributed by atoms with Crippen LogP contribution in [-0.2, 0) is 19.8 Å². The van der Waals surface area contributed by atoms with Crippen LogP contribution in [0.1, 0.15) is 12.6 Å². The van der Waals surface area contributed by atoms with Gasteiger partial charge in [0.1, 0.15) is 16.9 Å². The smallest absolute Gasteiger partial charge is 0.392 e. The number of alkyl halides is 3. The summed E-state index contributed by atoms with van der Waals surface area (Å²) in [5, 5.41) is 14.0. The molecule has 0 fully saturated rings. The highest BCUT2D eigenvalue weighted by Crippen LogP contribution is 2.31. The fraction of sp³-hybridized carbons (Fsp3) is 0.250. The van der Waals surface area contributed by atoms with Crippen LogP contribution in [0, 0.1) is 0 Å². The molecule has 4 aromatic heterocycles. The summed E-state index contributed by atoms with van der Waals surface area (Å²) in [6.07, 6.45) is 0.316. The fourth-order valence-electron chi connectivity index (χ4n) is 3.19. The molecule has 0 unspecified atom stereocenters. The Morgan fingerprint density at radius 2 is 1.94 bits per heavy atom. The van der Waals surface area contributed by atoms with Crippen LogP contribution in [0.2, 0.25) is 0 Å². The third kappa shape index (κ3) is 4.04. The number of fused-ring (bicyclic) bond motifs is 1. The summed E-state index contributed by atoms with van der Waals surface area (Å²) in [4.78, 5) is 25.4. The van der Waals surface area contributed by atoms with E-state index in [0.29, 0.717) is 22.3 Å². The molecule has 0 aliphatic heterocycles. The Kier molecular flexibility index (Phi) is 5.05. The molecule has 0 bridgehead atoms. The average Bonchev–Trinajstić information content (AvgIpc) is 3.15. The summed E-state index contributed by atoms with van der Waals surface area (Å²) in [7, 11) is 1.72. The SMILES string of the molecule is C[C@H](O)Cn1cnc2c(-c3cnn(C)c3)nc(-c3ccc(C(F)(F)F)nc3)cc2c1=O. The van der Waals surface area contributed by atoms with Crippen molar-refractivity contribution in [1.82, 2.24) is 29.3 Å². The zero-order valence-corrected chi connectivity index (χ0v) is 16.5. The summed E-state index contributed by atoms with van der Waals surface area (Å²) in [5.41, 5.74) is 0.427. The predicted octanol–water partition coefficient (Wildman–Crippen LogP) is 2.65. The molecule has 0 spiro atoms. The Bertz CT molecular complexity index is 1310. The molecule has 31 heavy (non-hydrogen) atoms. The Morgan fingerprint density at radius 3 is 2.52 bits per heavy atom. The van der Waals surface area contributed by atoms with E-state index in [0.717, 1.165) is 12.3 Å². The monoisotopic (exact) mass is 430 g/mol. The lowest BCUT2D eigenvalue weighted by molar-refractivity contribution is -0.141. The molecule has 0 amide bonds. The van der Waals surface area contributed by atoms with E-state index >= 15 is 0 Å². The molecule has 4 aromatic rings. The molecule has 0 aliphatic rings. The van der Waals surface area contributed by atoms with Gasteiger partial charge in [0, 0.05) is 30.6 Å². The van der Waals surface area contributed by atoms with Crippen molar-refractivity contribution in [3.05, 3.63) is 59.2 Å². The average molecular weight is 430 g/mol. The summed E-state index contributed by atoms with van der Waals surface area (Å²) in [5.74, 6) is 0. The summed E-state index contributed by atoms with van der Waals surface area (Å²) >= 11 is 0. The fourth-order valence-corrected chi connectivity index (χ4v) is 3.19. The Hall–Kier alpha value is -3.60. The lowest BCUT2D eigenvalue weighted by atomic mass is 10.1. The topological polar surface area (TPSA) is 98.7 Å². The molecule has 4 rings (SSSR count). The number of nitrogens with zero attached hydrogens (tertiary/aromatic N) is 6. The van der Waals surface area contributed by atoms with Gasteiger partial charge < -0.3 is 5.11 Å². The second-order valence-corrected chi connectivity index (χ2v) is 7.14. The van der Waals surface area contributed by atoms with Crippen LogP contribution in [0.3, 0.4) is 0 Å². The number of hydrogen-bond acceptors (Lipinski definition) is 6. The van der Waals surface area contributed by atoms with Crippen LogP contribution in [0.15, 0.2) is 47.9 Å². The third-order valence-corrected chi connectivity index (χ3v) is 4.60. The molecule has 8 nitrogen and oxygen atoms in total. The maximum atomic E-state index is 13.0. The minimum atomic E-state index is -4.56. The number of rotatable bonds is 4. The van der Waals surface area contributed by atoms with Crippen molar-refractivity contribution in [3.8, 4) is 22.5 Å². The molecule has 11 heteroatoms. The molecule has 0 aliphatic carbocycles. The number of aromatic nitrogens is 6. The molecular formula is C20H17F3N6O2. The number of halogens is 3. The first-order valence-electron chi connectivity index (χ1n) is 9.24. The molecule has 1 atom stereocenters. The first-order chi connectivity index (χ1) is 14.6. The lowest BCUT2D eigenvalue weighted by Gasteiger charge is -2.12. The number of aliphatic hydroxyl groups excluding tert-OH is 1. The number of aliphatic hydroxyl groups is 1. The van der Waals surface area contributed by atoms with Crippen LogP contribution in [0.25, 0.3) is 33.4 Å². The molecule has 160 valence electrons. The van der Waals surface area contributed by atoms with E-state index in [-0.39, 0.29) is 17.6 Å². The predicted molar refractivity (Wildman–Crippen MR) is 106 cm³/mol. The minimum Gasteiger partial charge on any atom is -0.392 e. The summed E-state index contributed by atoms with van der Waals surface area (Å²) in [6.45, 7) is 1.59. The highest BCUT2D eigenvalue weighted by atomic mass is 19.4. The summed E-state index contributed by atoms with van der Waals surface area (Å²) < 4.78 is 41.4. The van der Waals surface area contributed by atoms with E-state index in [9.17, 15) is 23.1 Å². The van der Waals surface area contributed by atoms with Gasteiger partial charge in [0.2, 0.25) is 0 Å². The molecular weight excluding hydrogens is 413 g/mol. The normalized spacial score (nSPS) is 13.0. The quantitative estimate of drug-likeness (QED) is 0.535. The zero-order valence-electron chi connectivity index (χ0n) is 16.5. The van der Waals surface area contributed by atoms with Gasteiger partial charge in [0.15, 0.2) is 0 Å². The van der Waals surface area contributed by atoms with Gasteiger partial charge in [-0.3, -0.25) is 19.0 Å². The van der Waals surface area contributed by atoms with Crippen molar-refractivity contribution in [3.63, 3.8) is 0 Å². The van der Waals surface area contributed by atoms with Crippen LogP contribution in [0.5, 0.6) is 0 Å². The van der Waals surface area contributed by atoms with E-state index in [4.69, 9.17) is 0 Å². The van der Waals surface area contributed by atoms with Crippen LogP contribution >= 0.6 is 0 Å². The van der Waals surface area contributed by atoms with Crippen LogP contribution in [-0.4, -0.2) is 40.5 Å². The van der Waals surface area contributed by atoms with E-state index in [1.165, 1.54) is 23.0 Å². The maximum absolute atomic E-state index is 13.0. The van der Waals surface area contributed by atoms with Gasteiger partial charge in [-0.1, -0.05) is 0 Å². The van der Waals surface area contributed by atoms with Crippen LogP contribution < -0.4 is 5.56 Å². The Labute approximate surface area is 173 Å². The van der Waals surface area contributed by atoms with E-state index < -0.39 is 23.5 Å². The van der Waals surface area contributed by atoms with Crippen molar-refractivity contribution in [2.45, 2.75) is 25.7 Å². The first-order valence-corrected chi connectivity index (χ1v) is 9.24. The van der Waals surface area contributed by atoms with Gasteiger partial charge >= 0.3 is 6.18 Å². The Balaban J connectivity index is 1.95. The molecule has 0 aromatic carbocycles. The minimum absolute atomic E-state index is 0.0451. The van der Waals surface area contributed by atoms with Gasteiger partial charge in [-0.05, 0) is 25.1 Å². The van der Waals surface area contributed by atoms with Crippen molar-refractivity contribution < 1.29 is 18.3 Å². The molecule has 0 saturated heterocycles. The van der Waals surface area contributed by atoms with Gasteiger partial charge in [0.05, 0.1) is 36.3 Å². The largest absolute Gasteiger partial charge is 0.433 e. The number of aryl methyl sites for hydroxylation is 1. The maximum Gasteiger partial charge on any atom is 0.433 e. The molecule has 0 radical (unpaired) electrons. The zero-order chi connectivity index (χ0) is 22.3. The second-order valence-electron chi connectivity index (χ2n) is 7.14. The number of pyridine rings is 2. The van der Waals surface area contributed by atoms with E-state index in [2.05, 4.69) is 20.1 Å². The van der Waals surface area contributed by atoms with Crippen molar-refractivity contribution in [2.24, 2.45) is 7.05 Å². The van der Waals surface area contributed by atoms with Gasteiger partial charge in [-0.15, -0.1) is 0 Å². The van der Waals surface area contributed by atoms with Crippen molar-refractivity contribution in [1.29, 1.82) is 0 Å². The molecule has 4 heterocycles. The molecule has 0 saturated carbocycles. The van der Waals surface area contributed by atoms with Gasteiger partial charge in [-0.2, -0.15) is 18.3 Å². The van der Waals surface area contributed by atoms with E-state index in [1.54, 1.807) is 31.0 Å². The first kappa shape index (κ1) is 20.7. The standard InChI is InChI=1S/C20H17F3N6O2/c1-11(30)8-29-10-25-18-14(19(29)31)5-15(27-17(18)13-7-26-28(2)9-13)12-3-4-16(24-6-12)20(21,22)23/h3-7,9-11,30H,8H2,1-2H3/t11-/m0/s1. The highest BCUT2D eigenvalue weighted by molar-refractivity contribution is 5.93. The van der Waals surface area contributed by atoms with Crippen molar-refractivity contribution in [2.75, 3.05) is 0 Å². The molecule has 1 N–H and O–H groups in total. The highest BCUT2D eigenvalue weighted by Gasteiger charge is 2.32. The van der Waals surface area contributed by atoms with E-state index in [1.807, 2.05) is 0 Å². The lowest BCUT2D eigenvalue weighted by Crippen LogP contribution is -2.25. The summed E-state index contributed by atoms with van der Waals surface area (Å²) in [6, 6.07) is 3.58.